The number of esters is 1. The van der Waals surface area contributed by atoms with Crippen LogP contribution in [0.15, 0.2) is 18.3 Å². The Morgan fingerprint density at radius 1 is 1.53 bits per heavy atom. The molecule has 0 bridgehead atoms. The lowest BCUT2D eigenvalue weighted by Crippen LogP contribution is -2.14. The van der Waals surface area contributed by atoms with Crippen LogP contribution in [0.1, 0.15) is 30.1 Å². The van der Waals surface area contributed by atoms with Gasteiger partial charge in [-0.15, -0.1) is 0 Å². The van der Waals surface area contributed by atoms with E-state index in [2.05, 4.69) is 15.0 Å². The highest BCUT2D eigenvalue weighted by Crippen LogP contribution is 2.11. The van der Waals surface area contributed by atoms with E-state index in [-0.39, 0.29) is 12.3 Å². The van der Waals surface area contributed by atoms with Gasteiger partial charge in [0.1, 0.15) is 5.82 Å². The first kappa shape index (κ1) is 14.9. The summed E-state index contributed by atoms with van der Waals surface area (Å²) in [4.78, 5) is 25.9. The number of carboxylic acids is 1. The Balaban J connectivity index is 2.49. The molecule has 1 aromatic rings. The molecule has 1 heterocycles. The largest absolute Gasteiger partial charge is 0.481 e. The number of hydrogen-bond acceptors (Lipinski definition) is 5. The summed E-state index contributed by atoms with van der Waals surface area (Å²) in [6.45, 7) is 2.56. The summed E-state index contributed by atoms with van der Waals surface area (Å²) in [7, 11) is 1.32. The average Bonchev–Trinajstić information content (AvgIpc) is 2.42. The van der Waals surface area contributed by atoms with Crippen molar-refractivity contribution in [2.24, 2.45) is 5.92 Å². The highest BCUT2D eigenvalue weighted by atomic mass is 16.5. The molecule has 2 N–H and O–H groups in total. The van der Waals surface area contributed by atoms with Gasteiger partial charge in [0.2, 0.25) is 0 Å². The van der Waals surface area contributed by atoms with Crippen LogP contribution in [-0.2, 0) is 9.53 Å². The number of ether oxygens (including phenoxy) is 1. The molecule has 0 aromatic carbocycles. The van der Waals surface area contributed by atoms with Crippen LogP contribution >= 0.6 is 0 Å². The molecule has 0 spiro atoms. The fraction of sp³-hybridized carbons (Fsp3) is 0.462. The van der Waals surface area contributed by atoms with Crippen LogP contribution in [0.25, 0.3) is 0 Å². The topological polar surface area (TPSA) is 88.5 Å². The molecule has 6 nitrogen and oxygen atoms in total. The van der Waals surface area contributed by atoms with Crippen molar-refractivity contribution in [3.8, 4) is 0 Å². The van der Waals surface area contributed by atoms with Crippen molar-refractivity contribution in [2.45, 2.75) is 19.8 Å². The van der Waals surface area contributed by atoms with E-state index in [1.54, 1.807) is 12.1 Å². The van der Waals surface area contributed by atoms with Gasteiger partial charge in [-0.05, 0) is 24.5 Å². The van der Waals surface area contributed by atoms with Crippen molar-refractivity contribution in [1.29, 1.82) is 0 Å². The molecule has 0 radical (unpaired) electrons. The third-order valence-electron chi connectivity index (χ3n) is 2.66. The van der Waals surface area contributed by atoms with E-state index in [1.165, 1.54) is 13.3 Å². The SMILES string of the molecule is COC(=O)c1ccnc(NCC(C)CCC(=O)O)c1. The van der Waals surface area contributed by atoms with Crippen LogP contribution in [0, 0.1) is 5.92 Å². The van der Waals surface area contributed by atoms with Crippen molar-refractivity contribution in [3.05, 3.63) is 23.9 Å². The standard InChI is InChI=1S/C13H18N2O4/c1-9(3-4-12(16)17)8-15-11-7-10(5-6-14-11)13(18)19-2/h5-7,9H,3-4,8H2,1-2H3,(H,14,15)(H,16,17). The van der Waals surface area contributed by atoms with Gasteiger partial charge in [0.15, 0.2) is 0 Å². The molecule has 0 saturated carbocycles. The highest BCUT2D eigenvalue weighted by Gasteiger charge is 2.08. The molecule has 0 amide bonds. The van der Waals surface area contributed by atoms with E-state index in [4.69, 9.17) is 5.11 Å². The predicted molar refractivity (Wildman–Crippen MR) is 70.1 cm³/mol. The first-order valence-electron chi connectivity index (χ1n) is 6.03. The van der Waals surface area contributed by atoms with Gasteiger partial charge in [-0.2, -0.15) is 0 Å². The number of hydrogen-bond donors (Lipinski definition) is 2. The average molecular weight is 266 g/mol. The number of nitrogens with one attached hydrogen (secondary N) is 1. The van der Waals surface area contributed by atoms with Crippen LogP contribution in [0.3, 0.4) is 0 Å². The number of carbonyl (C=O) groups is 2. The fourth-order valence-electron chi connectivity index (χ4n) is 1.52. The van der Waals surface area contributed by atoms with Crippen molar-refractivity contribution < 1.29 is 19.4 Å². The molecule has 104 valence electrons. The minimum Gasteiger partial charge on any atom is -0.481 e. The van der Waals surface area contributed by atoms with Gasteiger partial charge in [-0.3, -0.25) is 4.79 Å². The van der Waals surface area contributed by atoms with Crippen LogP contribution in [-0.4, -0.2) is 35.7 Å². The molecule has 6 heteroatoms. The predicted octanol–water partition coefficient (Wildman–Crippen LogP) is 1.78. The second-order valence-corrected chi connectivity index (χ2v) is 4.34. The first-order chi connectivity index (χ1) is 9.02. The maximum absolute atomic E-state index is 11.3. The lowest BCUT2D eigenvalue weighted by atomic mass is 10.1. The summed E-state index contributed by atoms with van der Waals surface area (Å²) in [6, 6.07) is 3.18. The van der Waals surface area contributed by atoms with Gasteiger partial charge in [0, 0.05) is 19.2 Å². The fourth-order valence-corrected chi connectivity index (χ4v) is 1.52. The van der Waals surface area contributed by atoms with Gasteiger partial charge >= 0.3 is 11.9 Å². The van der Waals surface area contributed by atoms with E-state index < -0.39 is 11.9 Å². The molecule has 0 aliphatic carbocycles. The van der Waals surface area contributed by atoms with Crippen LogP contribution in [0.4, 0.5) is 5.82 Å². The van der Waals surface area contributed by atoms with Crippen molar-refractivity contribution >= 4 is 17.8 Å². The summed E-state index contributed by atoms with van der Waals surface area (Å²) >= 11 is 0. The molecule has 0 aliphatic rings. The number of nitrogens with zero attached hydrogens (tertiary/aromatic N) is 1. The summed E-state index contributed by atoms with van der Waals surface area (Å²) in [6.07, 6.45) is 2.27. The maximum Gasteiger partial charge on any atom is 0.338 e. The normalized spacial score (nSPS) is 11.7. The lowest BCUT2D eigenvalue weighted by molar-refractivity contribution is -0.137. The third kappa shape index (κ3) is 5.37. The molecule has 19 heavy (non-hydrogen) atoms. The Bertz CT molecular complexity index is 448. The van der Waals surface area contributed by atoms with Gasteiger partial charge in [-0.25, -0.2) is 9.78 Å². The molecule has 1 atom stereocenters. The van der Waals surface area contributed by atoms with Crippen LogP contribution in [0.5, 0.6) is 0 Å². The number of aromatic nitrogens is 1. The summed E-state index contributed by atoms with van der Waals surface area (Å²) in [5.41, 5.74) is 0.429. The molecule has 0 aliphatic heterocycles. The van der Waals surface area contributed by atoms with E-state index in [9.17, 15) is 9.59 Å². The summed E-state index contributed by atoms with van der Waals surface area (Å²) in [5.74, 6) is -0.424. The van der Waals surface area contributed by atoms with Gasteiger partial charge < -0.3 is 15.2 Å². The monoisotopic (exact) mass is 266 g/mol. The smallest absolute Gasteiger partial charge is 0.338 e. The number of carbonyl (C=O) groups excluding carboxylic acids is 1. The zero-order valence-corrected chi connectivity index (χ0v) is 11.0. The van der Waals surface area contributed by atoms with E-state index in [0.717, 1.165) is 0 Å². The Morgan fingerprint density at radius 2 is 2.26 bits per heavy atom. The molecule has 1 aromatic heterocycles. The molecule has 1 rings (SSSR count). The van der Waals surface area contributed by atoms with Gasteiger partial charge in [0.25, 0.3) is 0 Å². The van der Waals surface area contributed by atoms with Crippen molar-refractivity contribution in [3.63, 3.8) is 0 Å². The van der Waals surface area contributed by atoms with E-state index in [1.807, 2.05) is 6.92 Å². The van der Waals surface area contributed by atoms with E-state index in [0.29, 0.717) is 24.3 Å². The molecular weight excluding hydrogens is 248 g/mol. The Morgan fingerprint density at radius 3 is 2.89 bits per heavy atom. The van der Waals surface area contributed by atoms with Gasteiger partial charge in [0.05, 0.1) is 12.7 Å². The van der Waals surface area contributed by atoms with E-state index >= 15 is 0 Å². The van der Waals surface area contributed by atoms with Crippen molar-refractivity contribution in [1.82, 2.24) is 4.98 Å². The minimum absolute atomic E-state index is 0.151. The number of methoxy groups -OCH3 is 1. The highest BCUT2D eigenvalue weighted by molar-refractivity contribution is 5.89. The Labute approximate surface area is 111 Å². The number of carboxylic acid groups (broad SMARTS) is 1. The molecule has 0 saturated heterocycles. The zero-order chi connectivity index (χ0) is 14.3. The Kier molecular flexibility index (Phi) is 5.78. The van der Waals surface area contributed by atoms with Crippen LogP contribution in [0.2, 0.25) is 0 Å². The third-order valence-corrected chi connectivity index (χ3v) is 2.66. The number of rotatable bonds is 7. The second kappa shape index (κ2) is 7.35. The van der Waals surface area contributed by atoms with Gasteiger partial charge in [-0.1, -0.05) is 6.92 Å². The molecule has 1 unspecified atom stereocenters. The Hall–Kier alpha value is -2.11. The summed E-state index contributed by atoms with van der Waals surface area (Å²) in [5, 5.41) is 11.7. The number of anilines is 1. The first-order valence-corrected chi connectivity index (χ1v) is 6.03. The maximum atomic E-state index is 11.3. The minimum atomic E-state index is -0.794. The molecular formula is C13H18N2O4. The quantitative estimate of drug-likeness (QED) is 0.731. The second-order valence-electron chi connectivity index (χ2n) is 4.34. The van der Waals surface area contributed by atoms with Crippen molar-refractivity contribution in [2.75, 3.05) is 19.0 Å². The lowest BCUT2D eigenvalue weighted by Gasteiger charge is -2.12. The van der Waals surface area contributed by atoms with Crippen LogP contribution < -0.4 is 5.32 Å². The number of pyridine rings is 1. The zero-order valence-electron chi connectivity index (χ0n) is 11.0. The number of aliphatic carboxylic acids is 1. The summed E-state index contributed by atoms with van der Waals surface area (Å²) < 4.78 is 4.62. The molecule has 0 fully saturated rings.